The van der Waals surface area contributed by atoms with Gasteiger partial charge in [0.2, 0.25) is 0 Å². The quantitative estimate of drug-likeness (QED) is 0.753. The summed E-state index contributed by atoms with van der Waals surface area (Å²) in [5.41, 5.74) is 1.11. The van der Waals surface area contributed by atoms with E-state index in [1.807, 2.05) is 24.3 Å². The molecule has 2 amide bonds. The van der Waals surface area contributed by atoms with E-state index in [1.54, 1.807) is 0 Å². The highest BCUT2D eigenvalue weighted by atomic mass is 16.4. The second-order valence-electron chi connectivity index (χ2n) is 5.65. The number of nitrogens with one attached hydrogen (secondary N) is 2. The summed E-state index contributed by atoms with van der Waals surface area (Å²) in [7, 11) is 0. The number of para-hydroxylation sites is 1. The van der Waals surface area contributed by atoms with E-state index in [1.165, 1.54) is 0 Å². The number of aliphatic carboxylic acids is 1. The number of carbonyl (C=O) groups is 2. The lowest BCUT2D eigenvalue weighted by atomic mass is 9.69. The molecule has 1 aliphatic carbocycles. The van der Waals surface area contributed by atoms with Crippen molar-refractivity contribution in [2.45, 2.75) is 39.0 Å². The number of urea groups is 1. The maximum absolute atomic E-state index is 12.0. The normalized spacial score (nSPS) is 15.9. The van der Waals surface area contributed by atoms with Crippen LogP contribution in [0.15, 0.2) is 24.3 Å². The smallest absolute Gasteiger partial charge is 0.319 e. The first kappa shape index (κ1) is 15.4. The van der Waals surface area contributed by atoms with E-state index in [9.17, 15) is 14.7 Å². The summed E-state index contributed by atoms with van der Waals surface area (Å²) >= 11 is 0. The fourth-order valence-corrected chi connectivity index (χ4v) is 2.62. The molecule has 0 atom stereocenters. The van der Waals surface area contributed by atoms with Gasteiger partial charge in [-0.15, -0.1) is 0 Å². The number of carboxylic acids is 1. The molecule has 1 aliphatic rings. The van der Waals surface area contributed by atoms with Gasteiger partial charge in [-0.3, -0.25) is 4.79 Å². The molecule has 5 heteroatoms. The molecule has 0 radical (unpaired) electrons. The summed E-state index contributed by atoms with van der Waals surface area (Å²) in [4.78, 5) is 23.2. The van der Waals surface area contributed by atoms with E-state index in [0.29, 0.717) is 12.8 Å². The molecule has 0 bridgehead atoms. The number of amides is 2. The summed E-state index contributed by atoms with van der Waals surface area (Å²) in [5, 5.41) is 14.7. The van der Waals surface area contributed by atoms with Crippen molar-refractivity contribution in [3.8, 4) is 0 Å². The lowest BCUT2D eigenvalue weighted by Crippen LogP contribution is -2.48. The molecule has 5 nitrogen and oxygen atoms in total. The van der Waals surface area contributed by atoms with E-state index in [4.69, 9.17) is 0 Å². The van der Waals surface area contributed by atoms with E-state index in [0.717, 1.165) is 30.5 Å². The number of aryl methyl sites for hydroxylation is 1. The molecule has 1 fully saturated rings. The standard InChI is InChI=1S/C16H22N2O3/c1-2-6-12-7-3-4-8-13(12)18-15(21)17-11-16(14(19)20)9-5-10-16/h3-4,7-8H,2,5-6,9-11H2,1H3,(H,19,20)(H2,17,18,21). The molecule has 0 aromatic heterocycles. The van der Waals surface area contributed by atoms with Gasteiger partial charge in [0.05, 0.1) is 5.41 Å². The Balaban J connectivity index is 1.92. The summed E-state index contributed by atoms with van der Waals surface area (Å²) in [6.07, 6.45) is 4.08. The van der Waals surface area contributed by atoms with Gasteiger partial charge >= 0.3 is 12.0 Å². The molecule has 114 valence electrons. The van der Waals surface area contributed by atoms with Crippen molar-refractivity contribution in [1.82, 2.24) is 5.32 Å². The molecule has 21 heavy (non-hydrogen) atoms. The van der Waals surface area contributed by atoms with Crippen molar-refractivity contribution in [1.29, 1.82) is 0 Å². The fraction of sp³-hybridized carbons (Fsp3) is 0.500. The molecule has 0 heterocycles. The van der Waals surface area contributed by atoms with Gasteiger partial charge in [0.1, 0.15) is 0 Å². The van der Waals surface area contributed by atoms with E-state index in [-0.39, 0.29) is 12.6 Å². The average molecular weight is 290 g/mol. The van der Waals surface area contributed by atoms with Gasteiger partial charge in [-0.05, 0) is 30.9 Å². The predicted octanol–water partition coefficient (Wildman–Crippen LogP) is 3.02. The lowest BCUT2D eigenvalue weighted by Gasteiger charge is -2.37. The van der Waals surface area contributed by atoms with Gasteiger partial charge in [-0.1, -0.05) is 38.0 Å². The number of carboxylic acid groups (broad SMARTS) is 1. The van der Waals surface area contributed by atoms with Crippen molar-refractivity contribution in [3.63, 3.8) is 0 Å². The minimum Gasteiger partial charge on any atom is -0.481 e. The number of hydrogen-bond donors (Lipinski definition) is 3. The zero-order valence-corrected chi connectivity index (χ0v) is 12.3. The first-order valence-electron chi connectivity index (χ1n) is 7.43. The maximum Gasteiger partial charge on any atom is 0.319 e. The number of rotatable bonds is 6. The molecular formula is C16H22N2O3. The monoisotopic (exact) mass is 290 g/mol. The topological polar surface area (TPSA) is 78.4 Å². The Morgan fingerprint density at radius 1 is 1.29 bits per heavy atom. The number of carbonyl (C=O) groups excluding carboxylic acids is 1. The van der Waals surface area contributed by atoms with Crippen LogP contribution in [0.3, 0.4) is 0 Å². The number of anilines is 1. The van der Waals surface area contributed by atoms with Crippen molar-refractivity contribution >= 4 is 17.7 Å². The second kappa shape index (κ2) is 6.61. The summed E-state index contributed by atoms with van der Waals surface area (Å²) < 4.78 is 0. The Hall–Kier alpha value is -2.04. The van der Waals surface area contributed by atoms with Crippen LogP contribution in [0.4, 0.5) is 10.5 Å². The maximum atomic E-state index is 12.0. The molecule has 3 N–H and O–H groups in total. The van der Waals surface area contributed by atoms with Crippen molar-refractivity contribution < 1.29 is 14.7 Å². The van der Waals surface area contributed by atoms with Gasteiger partial charge < -0.3 is 15.7 Å². The SMILES string of the molecule is CCCc1ccccc1NC(=O)NCC1(C(=O)O)CCC1. The van der Waals surface area contributed by atoms with Gasteiger partial charge in [0.25, 0.3) is 0 Å². The molecule has 0 saturated heterocycles. The van der Waals surface area contributed by atoms with Crippen LogP contribution in [0.2, 0.25) is 0 Å². The van der Waals surface area contributed by atoms with Crippen molar-refractivity contribution in [3.05, 3.63) is 29.8 Å². The first-order valence-corrected chi connectivity index (χ1v) is 7.43. The van der Waals surface area contributed by atoms with Crippen LogP contribution >= 0.6 is 0 Å². The van der Waals surface area contributed by atoms with Crippen LogP contribution in [-0.4, -0.2) is 23.7 Å². The molecule has 2 rings (SSSR count). The Labute approximate surface area is 124 Å². The van der Waals surface area contributed by atoms with Crippen molar-refractivity contribution in [2.24, 2.45) is 5.41 Å². The largest absolute Gasteiger partial charge is 0.481 e. The third-order valence-electron chi connectivity index (χ3n) is 4.14. The molecule has 1 saturated carbocycles. The lowest BCUT2D eigenvalue weighted by molar-refractivity contribution is -0.153. The highest BCUT2D eigenvalue weighted by Crippen LogP contribution is 2.40. The predicted molar refractivity (Wildman–Crippen MR) is 81.4 cm³/mol. The third-order valence-corrected chi connectivity index (χ3v) is 4.14. The zero-order valence-electron chi connectivity index (χ0n) is 12.3. The minimum absolute atomic E-state index is 0.185. The van der Waals surface area contributed by atoms with E-state index < -0.39 is 11.4 Å². The molecule has 0 unspecified atom stereocenters. The summed E-state index contributed by atoms with van der Waals surface area (Å²) in [5.74, 6) is -0.819. The number of hydrogen-bond acceptors (Lipinski definition) is 2. The Bertz CT molecular complexity index is 524. The van der Waals surface area contributed by atoms with Crippen LogP contribution in [0, 0.1) is 5.41 Å². The average Bonchev–Trinajstić information content (AvgIpc) is 2.39. The van der Waals surface area contributed by atoms with Gasteiger partial charge in [-0.25, -0.2) is 4.79 Å². The number of benzene rings is 1. The fourth-order valence-electron chi connectivity index (χ4n) is 2.62. The van der Waals surface area contributed by atoms with Crippen LogP contribution in [-0.2, 0) is 11.2 Å². The molecule has 1 aromatic carbocycles. The summed E-state index contributed by atoms with van der Waals surface area (Å²) in [6.45, 7) is 2.27. The Morgan fingerprint density at radius 3 is 2.57 bits per heavy atom. The van der Waals surface area contributed by atoms with Gasteiger partial charge in [0.15, 0.2) is 0 Å². The Kier molecular flexibility index (Phi) is 4.83. The molecule has 1 aromatic rings. The van der Waals surface area contributed by atoms with Crippen LogP contribution in [0.5, 0.6) is 0 Å². The van der Waals surface area contributed by atoms with Crippen LogP contribution < -0.4 is 10.6 Å². The van der Waals surface area contributed by atoms with E-state index >= 15 is 0 Å². The van der Waals surface area contributed by atoms with Gasteiger partial charge in [-0.2, -0.15) is 0 Å². The van der Waals surface area contributed by atoms with Crippen molar-refractivity contribution in [2.75, 3.05) is 11.9 Å². The highest BCUT2D eigenvalue weighted by molar-refractivity contribution is 5.90. The zero-order chi connectivity index (χ0) is 15.3. The third kappa shape index (κ3) is 3.54. The summed E-state index contributed by atoms with van der Waals surface area (Å²) in [6, 6.07) is 7.33. The molecule has 0 spiro atoms. The van der Waals surface area contributed by atoms with E-state index in [2.05, 4.69) is 17.6 Å². The highest BCUT2D eigenvalue weighted by Gasteiger charge is 2.44. The van der Waals surface area contributed by atoms with Crippen LogP contribution in [0.25, 0.3) is 0 Å². The Morgan fingerprint density at radius 2 is 2.00 bits per heavy atom. The van der Waals surface area contributed by atoms with Gasteiger partial charge in [0, 0.05) is 12.2 Å². The minimum atomic E-state index is -0.819. The molecular weight excluding hydrogens is 268 g/mol. The second-order valence-corrected chi connectivity index (χ2v) is 5.65. The molecule has 0 aliphatic heterocycles. The van der Waals surface area contributed by atoms with Crippen LogP contribution in [0.1, 0.15) is 38.2 Å². The first-order chi connectivity index (χ1) is 10.1.